The van der Waals surface area contributed by atoms with Gasteiger partial charge >= 0.3 is 6.18 Å². The minimum absolute atomic E-state index is 0.0698. The van der Waals surface area contributed by atoms with Crippen LogP contribution in [0.25, 0.3) is 0 Å². The molecule has 1 heterocycles. The second-order valence-electron chi connectivity index (χ2n) is 6.68. The van der Waals surface area contributed by atoms with Gasteiger partial charge in [0.1, 0.15) is 5.82 Å². The summed E-state index contributed by atoms with van der Waals surface area (Å²) < 4.78 is 67.7. The Bertz CT molecular complexity index is 1240. The number of carbonyl (C=O) groups excluding carboxylic acids is 1. The molecule has 6 nitrogen and oxygen atoms in total. The maximum absolute atomic E-state index is 13.5. The predicted molar refractivity (Wildman–Crippen MR) is 114 cm³/mol. The maximum Gasteiger partial charge on any atom is 0.416 e. The van der Waals surface area contributed by atoms with Gasteiger partial charge in [0.2, 0.25) is 5.91 Å². The van der Waals surface area contributed by atoms with Crippen LogP contribution in [-0.4, -0.2) is 19.3 Å². The van der Waals surface area contributed by atoms with Crippen molar-refractivity contribution in [2.24, 2.45) is 0 Å². The first kappa shape index (κ1) is 23.6. The van der Waals surface area contributed by atoms with E-state index in [0.29, 0.717) is 15.9 Å². The van der Waals surface area contributed by atoms with Gasteiger partial charge in [-0.05, 0) is 48.0 Å². The summed E-state index contributed by atoms with van der Waals surface area (Å²) in [6.45, 7) is 1.39. The predicted octanol–water partition coefficient (Wildman–Crippen LogP) is 4.92. The zero-order valence-electron chi connectivity index (χ0n) is 16.6. The van der Waals surface area contributed by atoms with Gasteiger partial charge in [-0.1, -0.05) is 29.8 Å². The van der Waals surface area contributed by atoms with Gasteiger partial charge < -0.3 is 5.32 Å². The Morgan fingerprint density at radius 3 is 2.41 bits per heavy atom. The first-order valence-corrected chi connectivity index (χ1v) is 11.0. The van der Waals surface area contributed by atoms with Crippen molar-refractivity contribution in [3.63, 3.8) is 0 Å². The second-order valence-corrected chi connectivity index (χ2v) is 8.87. The fraction of sp³-hybridized carbons (Fsp3) is 0.143. The molecule has 11 heteroatoms. The second kappa shape index (κ2) is 9.17. The molecule has 0 aliphatic carbocycles. The van der Waals surface area contributed by atoms with Crippen molar-refractivity contribution in [2.45, 2.75) is 24.5 Å². The lowest BCUT2D eigenvalue weighted by atomic mass is 10.2. The van der Waals surface area contributed by atoms with Crippen LogP contribution in [0.5, 0.6) is 0 Å². The number of carbonyl (C=O) groups is 1. The standard InChI is InChI=1S/C21H17ClF3N3O3S/c1-14(29)27-13-15-9-10-26-20(11-15)28(32(30,31)17-5-3-2-4-6-17)19-12-16(21(23,24)25)7-8-18(19)22/h2-12H,13H2,1H3,(H,27,29). The molecule has 3 aromatic rings. The van der Waals surface area contributed by atoms with Gasteiger partial charge in [0.15, 0.2) is 0 Å². The van der Waals surface area contributed by atoms with Crippen LogP contribution >= 0.6 is 11.6 Å². The van der Waals surface area contributed by atoms with E-state index in [0.717, 1.165) is 12.1 Å². The maximum atomic E-state index is 13.5. The van der Waals surface area contributed by atoms with Crippen molar-refractivity contribution in [3.8, 4) is 0 Å². The molecule has 0 spiro atoms. The molecule has 0 saturated heterocycles. The highest BCUT2D eigenvalue weighted by molar-refractivity contribution is 7.93. The Morgan fingerprint density at radius 1 is 1.09 bits per heavy atom. The minimum Gasteiger partial charge on any atom is -0.352 e. The number of anilines is 2. The summed E-state index contributed by atoms with van der Waals surface area (Å²) >= 11 is 6.17. The minimum atomic E-state index is -4.72. The Morgan fingerprint density at radius 2 is 1.78 bits per heavy atom. The van der Waals surface area contributed by atoms with E-state index in [1.807, 2.05) is 0 Å². The topological polar surface area (TPSA) is 79.4 Å². The molecular formula is C21H17ClF3N3O3S. The SMILES string of the molecule is CC(=O)NCc1ccnc(N(c2cc(C(F)(F)F)ccc2Cl)S(=O)(=O)c2ccccc2)c1. The number of amides is 1. The molecule has 0 bridgehead atoms. The van der Waals surface area contributed by atoms with E-state index in [4.69, 9.17) is 11.6 Å². The van der Waals surface area contributed by atoms with E-state index in [2.05, 4.69) is 10.3 Å². The molecule has 0 aliphatic rings. The average molecular weight is 484 g/mol. The molecule has 1 N–H and O–H groups in total. The number of alkyl halides is 3. The number of hydrogen-bond donors (Lipinski definition) is 1. The Labute approximate surface area is 187 Å². The van der Waals surface area contributed by atoms with Gasteiger partial charge in [0.25, 0.3) is 10.0 Å². The third-order valence-corrected chi connectivity index (χ3v) is 6.39. The highest BCUT2D eigenvalue weighted by atomic mass is 35.5. The van der Waals surface area contributed by atoms with E-state index in [1.54, 1.807) is 12.1 Å². The Balaban J connectivity index is 2.23. The lowest BCUT2D eigenvalue weighted by Crippen LogP contribution is -2.28. The number of nitrogens with one attached hydrogen (secondary N) is 1. The van der Waals surface area contributed by atoms with Gasteiger partial charge in [-0.15, -0.1) is 0 Å². The Kier molecular flexibility index (Phi) is 6.75. The molecule has 32 heavy (non-hydrogen) atoms. The number of benzene rings is 2. The molecule has 0 aliphatic heterocycles. The zero-order chi connectivity index (χ0) is 23.5. The highest BCUT2D eigenvalue weighted by Crippen LogP contribution is 2.40. The van der Waals surface area contributed by atoms with Crippen LogP contribution in [0, 0.1) is 0 Å². The number of nitrogens with zero attached hydrogens (tertiary/aromatic N) is 2. The number of hydrogen-bond acceptors (Lipinski definition) is 4. The molecule has 3 rings (SSSR count). The van der Waals surface area contributed by atoms with Crippen LogP contribution < -0.4 is 9.62 Å². The molecule has 168 valence electrons. The third kappa shape index (κ3) is 5.20. The fourth-order valence-corrected chi connectivity index (χ4v) is 4.55. The van der Waals surface area contributed by atoms with Crippen molar-refractivity contribution >= 4 is 39.0 Å². The molecule has 1 amide bonds. The number of rotatable bonds is 6. The molecule has 0 unspecified atom stereocenters. The van der Waals surface area contributed by atoms with Gasteiger partial charge in [-0.2, -0.15) is 13.2 Å². The van der Waals surface area contributed by atoms with Crippen LogP contribution in [-0.2, 0) is 27.5 Å². The number of aromatic nitrogens is 1. The van der Waals surface area contributed by atoms with Crippen LogP contribution in [0.2, 0.25) is 5.02 Å². The molecule has 0 saturated carbocycles. The fourth-order valence-electron chi connectivity index (χ4n) is 2.83. The van der Waals surface area contributed by atoms with Crippen molar-refractivity contribution in [3.05, 3.63) is 83.0 Å². The van der Waals surface area contributed by atoms with Gasteiger partial charge in [0.05, 0.1) is 21.2 Å². The molecule has 0 atom stereocenters. The van der Waals surface area contributed by atoms with E-state index >= 15 is 0 Å². The molecule has 0 fully saturated rings. The Hall–Kier alpha value is -3.11. The van der Waals surface area contributed by atoms with Gasteiger partial charge in [-0.25, -0.2) is 17.7 Å². The largest absolute Gasteiger partial charge is 0.416 e. The van der Waals surface area contributed by atoms with Crippen molar-refractivity contribution < 1.29 is 26.4 Å². The van der Waals surface area contributed by atoms with E-state index in [1.165, 1.54) is 43.5 Å². The normalized spacial score (nSPS) is 11.8. The summed E-state index contributed by atoms with van der Waals surface area (Å²) in [5.41, 5.74) is -0.990. The van der Waals surface area contributed by atoms with Crippen LogP contribution in [0.4, 0.5) is 24.7 Å². The van der Waals surface area contributed by atoms with Crippen LogP contribution in [0.3, 0.4) is 0 Å². The summed E-state index contributed by atoms with van der Waals surface area (Å²) in [5, 5.41) is 2.35. The van der Waals surface area contributed by atoms with Crippen molar-refractivity contribution in [1.29, 1.82) is 0 Å². The smallest absolute Gasteiger partial charge is 0.352 e. The lowest BCUT2D eigenvalue weighted by molar-refractivity contribution is -0.137. The number of halogens is 4. The zero-order valence-corrected chi connectivity index (χ0v) is 18.2. The molecule has 1 aromatic heterocycles. The summed E-state index contributed by atoms with van der Waals surface area (Å²) in [4.78, 5) is 15.1. The highest BCUT2D eigenvalue weighted by Gasteiger charge is 2.35. The van der Waals surface area contributed by atoms with E-state index in [-0.39, 0.29) is 28.2 Å². The quantitative estimate of drug-likeness (QED) is 0.540. The lowest BCUT2D eigenvalue weighted by Gasteiger charge is -2.25. The first-order valence-electron chi connectivity index (χ1n) is 9.16. The van der Waals surface area contributed by atoms with Crippen LogP contribution in [0.15, 0.2) is 71.8 Å². The summed E-state index contributed by atoms with van der Waals surface area (Å²) in [5.74, 6) is -0.490. The first-order chi connectivity index (χ1) is 15.0. The van der Waals surface area contributed by atoms with Crippen molar-refractivity contribution in [1.82, 2.24) is 10.3 Å². The molecule has 0 radical (unpaired) electrons. The molecular weight excluding hydrogens is 467 g/mol. The molecule has 2 aromatic carbocycles. The number of sulfonamides is 1. The monoisotopic (exact) mass is 483 g/mol. The van der Waals surface area contributed by atoms with E-state index in [9.17, 15) is 26.4 Å². The van der Waals surface area contributed by atoms with Crippen LogP contribution in [0.1, 0.15) is 18.1 Å². The third-order valence-electron chi connectivity index (χ3n) is 4.33. The number of pyridine rings is 1. The van der Waals surface area contributed by atoms with Crippen molar-refractivity contribution in [2.75, 3.05) is 4.31 Å². The van der Waals surface area contributed by atoms with E-state index < -0.39 is 27.5 Å². The average Bonchev–Trinajstić information content (AvgIpc) is 2.74. The van der Waals surface area contributed by atoms with Gasteiger partial charge in [0, 0.05) is 19.7 Å². The summed E-state index contributed by atoms with van der Waals surface area (Å²) in [7, 11) is -4.41. The summed E-state index contributed by atoms with van der Waals surface area (Å²) in [6, 6.07) is 12.5. The van der Waals surface area contributed by atoms with Gasteiger partial charge in [-0.3, -0.25) is 4.79 Å². The summed E-state index contributed by atoms with van der Waals surface area (Å²) in [6.07, 6.45) is -3.43.